The molecule has 1 aliphatic rings. The van der Waals surface area contributed by atoms with E-state index in [9.17, 15) is 22.8 Å². The van der Waals surface area contributed by atoms with Gasteiger partial charge in [-0.1, -0.05) is 0 Å². The average Bonchev–Trinajstić information content (AvgIpc) is 2.70. The molecule has 2 heterocycles. The Labute approximate surface area is 174 Å². The summed E-state index contributed by atoms with van der Waals surface area (Å²) in [6.07, 6.45) is -0.758. The van der Waals surface area contributed by atoms with Crippen LogP contribution < -0.4 is 20.4 Å². The molecule has 0 spiro atoms. The third-order valence-corrected chi connectivity index (χ3v) is 5.12. The van der Waals surface area contributed by atoms with Gasteiger partial charge in [-0.2, -0.15) is 0 Å². The highest BCUT2D eigenvalue weighted by molar-refractivity contribution is 5.86. The topological polar surface area (TPSA) is 83.8 Å². The molecular formula is C21H18F3N3O4. The SMILES string of the molecule is CC1CN(c2cc3c(cc2F)c(=O)c(OC(=O)O)cn3-c2ccc(F)cc2F)CCN1. The smallest absolute Gasteiger partial charge is 0.449 e. The Hall–Kier alpha value is -3.53. The molecule has 162 valence electrons. The van der Waals surface area contributed by atoms with Gasteiger partial charge in [0.1, 0.15) is 17.5 Å². The molecule has 0 radical (unpaired) electrons. The lowest BCUT2D eigenvalue weighted by atomic mass is 10.1. The largest absolute Gasteiger partial charge is 0.511 e. The minimum Gasteiger partial charge on any atom is -0.449 e. The van der Waals surface area contributed by atoms with Crippen molar-refractivity contribution < 1.29 is 27.8 Å². The monoisotopic (exact) mass is 433 g/mol. The number of fused-ring (bicyclic) bond motifs is 1. The Morgan fingerprint density at radius 3 is 2.58 bits per heavy atom. The van der Waals surface area contributed by atoms with E-state index in [2.05, 4.69) is 10.1 Å². The molecule has 1 aliphatic heterocycles. The number of carboxylic acid groups (broad SMARTS) is 1. The number of carbonyl (C=O) groups is 1. The van der Waals surface area contributed by atoms with Crippen LogP contribution in [0.1, 0.15) is 6.92 Å². The Morgan fingerprint density at radius 2 is 1.90 bits per heavy atom. The predicted octanol–water partition coefficient (Wildman–Crippen LogP) is 3.26. The number of nitrogens with one attached hydrogen (secondary N) is 1. The molecule has 1 atom stereocenters. The van der Waals surface area contributed by atoms with E-state index < -0.39 is 34.8 Å². The number of pyridine rings is 1. The van der Waals surface area contributed by atoms with E-state index in [4.69, 9.17) is 5.11 Å². The van der Waals surface area contributed by atoms with Gasteiger partial charge in [0.25, 0.3) is 0 Å². The zero-order valence-corrected chi connectivity index (χ0v) is 16.4. The first-order valence-electron chi connectivity index (χ1n) is 9.48. The molecule has 2 aromatic carbocycles. The van der Waals surface area contributed by atoms with E-state index in [1.807, 2.05) is 6.92 Å². The molecule has 7 nitrogen and oxygen atoms in total. The van der Waals surface area contributed by atoms with Crippen LogP contribution in [0.4, 0.5) is 23.7 Å². The number of hydrogen-bond acceptors (Lipinski definition) is 5. The third kappa shape index (κ3) is 3.93. The van der Waals surface area contributed by atoms with Crippen LogP contribution in [0.5, 0.6) is 5.75 Å². The zero-order valence-electron chi connectivity index (χ0n) is 16.4. The average molecular weight is 433 g/mol. The highest BCUT2D eigenvalue weighted by Gasteiger charge is 2.23. The van der Waals surface area contributed by atoms with Crippen LogP contribution in [0.3, 0.4) is 0 Å². The number of hydrogen-bond donors (Lipinski definition) is 2. The summed E-state index contributed by atoms with van der Waals surface area (Å²) in [5.74, 6) is -3.08. The van der Waals surface area contributed by atoms with Gasteiger partial charge in [0.2, 0.25) is 5.43 Å². The maximum absolute atomic E-state index is 15.0. The van der Waals surface area contributed by atoms with E-state index >= 15 is 0 Å². The standard InChI is InChI=1S/C21H18F3N3O4/c1-11-9-26(5-4-25-11)18-8-17-13(7-15(18)24)20(28)19(31-21(29)30)10-27(17)16-3-2-12(22)6-14(16)23/h2-3,6-8,10-11,25H,4-5,9H2,1H3,(H,29,30). The number of aromatic nitrogens is 1. The van der Waals surface area contributed by atoms with Gasteiger partial charge in [0.15, 0.2) is 5.75 Å². The molecule has 1 aromatic heterocycles. The molecule has 10 heteroatoms. The van der Waals surface area contributed by atoms with Crippen LogP contribution >= 0.6 is 0 Å². The fraction of sp³-hybridized carbons (Fsp3) is 0.238. The molecule has 0 bridgehead atoms. The number of nitrogens with zero attached hydrogens (tertiary/aromatic N) is 2. The van der Waals surface area contributed by atoms with Crippen LogP contribution in [-0.2, 0) is 0 Å². The van der Waals surface area contributed by atoms with Crippen LogP contribution in [0.15, 0.2) is 41.3 Å². The summed E-state index contributed by atoms with van der Waals surface area (Å²) < 4.78 is 48.6. The van der Waals surface area contributed by atoms with Crippen LogP contribution in [0.25, 0.3) is 16.6 Å². The molecule has 0 amide bonds. The summed E-state index contributed by atoms with van der Waals surface area (Å²) in [7, 11) is 0. The van der Waals surface area contributed by atoms with Gasteiger partial charge in [-0.15, -0.1) is 0 Å². The Kier molecular flexibility index (Phi) is 5.32. The van der Waals surface area contributed by atoms with Crippen molar-refractivity contribution in [1.82, 2.24) is 9.88 Å². The van der Waals surface area contributed by atoms with Gasteiger partial charge < -0.3 is 24.6 Å². The molecule has 31 heavy (non-hydrogen) atoms. The Morgan fingerprint density at radius 1 is 1.16 bits per heavy atom. The van der Waals surface area contributed by atoms with E-state index in [-0.39, 0.29) is 28.3 Å². The quantitative estimate of drug-likeness (QED) is 0.617. The van der Waals surface area contributed by atoms with Crippen molar-refractivity contribution >= 4 is 22.7 Å². The molecular weight excluding hydrogens is 415 g/mol. The Bertz CT molecular complexity index is 1240. The number of rotatable bonds is 3. The first kappa shape index (κ1) is 20.7. The lowest BCUT2D eigenvalue weighted by molar-refractivity contribution is 0.144. The first-order chi connectivity index (χ1) is 14.7. The van der Waals surface area contributed by atoms with Gasteiger partial charge in [-0.05, 0) is 31.2 Å². The van der Waals surface area contributed by atoms with Gasteiger partial charge in [-0.25, -0.2) is 18.0 Å². The van der Waals surface area contributed by atoms with Crippen molar-refractivity contribution in [3.05, 3.63) is 64.2 Å². The highest BCUT2D eigenvalue weighted by Crippen LogP contribution is 2.29. The summed E-state index contributed by atoms with van der Waals surface area (Å²) in [4.78, 5) is 25.5. The summed E-state index contributed by atoms with van der Waals surface area (Å²) >= 11 is 0. The summed E-state index contributed by atoms with van der Waals surface area (Å²) in [6, 6.07) is 5.28. The maximum Gasteiger partial charge on any atom is 0.511 e. The lowest BCUT2D eigenvalue weighted by Gasteiger charge is -2.34. The zero-order chi connectivity index (χ0) is 22.3. The van der Waals surface area contributed by atoms with Crippen molar-refractivity contribution in [2.75, 3.05) is 24.5 Å². The molecule has 0 aliphatic carbocycles. The summed E-state index contributed by atoms with van der Waals surface area (Å²) in [6.45, 7) is 3.60. The molecule has 2 N–H and O–H groups in total. The highest BCUT2D eigenvalue weighted by atomic mass is 19.1. The van der Waals surface area contributed by atoms with E-state index in [1.54, 1.807) is 4.90 Å². The third-order valence-electron chi connectivity index (χ3n) is 5.12. The van der Waals surface area contributed by atoms with E-state index in [1.165, 1.54) is 6.07 Å². The second-order valence-electron chi connectivity index (χ2n) is 7.28. The minimum absolute atomic E-state index is 0.104. The first-order valence-corrected chi connectivity index (χ1v) is 9.48. The molecule has 1 unspecified atom stereocenters. The van der Waals surface area contributed by atoms with E-state index in [0.717, 1.165) is 29.0 Å². The van der Waals surface area contributed by atoms with Gasteiger partial charge in [0, 0.05) is 31.7 Å². The van der Waals surface area contributed by atoms with Crippen LogP contribution in [0.2, 0.25) is 0 Å². The fourth-order valence-electron chi connectivity index (χ4n) is 3.75. The van der Waals surface area contributed by atoms with Crippen molar-refractivity contribution in [2.45, 2.75) is 13.0 Å². The number of piperazine rings is 1. The van der Waals surface area contributed by atoms with Gasteiger partial charge in [0.05, 0.1) is 28.5 Å². The van der Waals surface area contributed by atoms with Crippen molar-refractivity contribution in [3.63, 3.8) is 0 Å². The van der Waals surface area contributed by atoms with Crippen molar-refractivity contribution in [1.29, 1.82) is 0 Å². The predicted molar refractivity (Wildman–Crippen MR) is 108 cm³/mol. The second kappa shape index (κ2) is 7.95. The number of halogens is 3. The number of anilines is 1. The number of ether oxygens (including phenoxy) is 1. The summed E-state index contributed by atoms with van der Waals surface area (Å²) in [5.41, 5.74) is -0.692. The van der Waals surface area contributed by atoms with Gasteiger partial charge >= 0.3 is 6.16 Å². The van der Waals surface area contributed by atoms with Gasteiger partial charge in [-0.3, -0.25) is 4.79 Å². The Balaban J connectivity index is 2.00. The fourth-order valence-corrected chi connectivity index (χ4v) is 3.75. The van der Waals surface area contributed by atoms with Crippen molar-refractivity contribution in [3.8, 4) is 11.4 Å². The molecule has 4 rings (SSSR count). The second-order valence-corrected chi connectivity index (χ2v) is 7.28. The maximum atomic E-state index is 15.0. The summed E-state index contributed by atoms with van der Waals surface area (Å²) in [5, 5.41) is 12.0. The molecule has 1 saturated heterocycles. The lowest BCUT2D eigenvalue weighted by Crippen LogP contribution is -2.49. The van der Waals surface area contributed by atoms with Crippen LogP contribution in [0, 0.1) is 17.5 Å². The van der Waals surface area contributed by atoms with E-state index in [0.29, 0.717) is 25.7 Å². The molecule has 0 saturated carbocycles. The number of benzene rings is 2. The normalized spacial score (nSPS) is 16.5. The molecule has 1 fully saturated rings. The minimum atomic E-state index is -1.76. The molecule has 3 aromatic rings. The van der Waals surface area contributed by atoms with Crippen LogP contribution in [-0.4, -0.2) is 41.5 Å². The van der Waals surface area contributed by atoms with Crippen molar-refractivity contribution in [2.24, 2.45) is 0 Å².